The Labute approximate surface area is 96.1 Å². The molecule has 2 rings (SSSR count). The first-order valence-corrected chi connectivity index (χ1v) is 5.85. The first-order chi connectivity index (χ1) is 7.70. The highest BCUT2D eigenvalue weighted by Crippen LogP contribution is 2.28. The van der Waals surface area contributed by atoms with Gasteiger partial charge >= 0.3 is 0 Å². The average Bonchev–Trinajstić information content (AvgIpc) is 2.29. The van der Waals surface area contributed by atoms with Crippen LogP contribution in [0.25, 0.3) is 0 Å². The molecule has 1 fully saturated rings. The van der Waals surface area contributed by atoms with Crippen LogP contribution in [-0.2, 0) is 0 Å². The van der Waals surface area contributed by atoms with Crippen LogP contribution in [0.5, 0.6) is 0 Å². The van der Waals surface area contributed by atoms with E-state index in [9.17, 15) is 5.11 Å². The number of rotatable bonds is 2. The molecule has 0 amide bonds. The summed E-state index contributed by atoms with van der Waals surface area (Å²) in [4.78, 5) is 6.47. The van der Waals surface area contributed by atoms with Gasteiger partial charge in [-0.15, -0.1) is 0 Å². The van der Waals surface area contributed by atoms with Crippen molar-refractivity contribution >= 4 is 11.5 Å². The smallest absolute Gasteiger partial charge is 0.152 e. The highest BCUT2D eigenvalue weighted by atomic mass is 16.3. The van der Waals surface area contributed by atoms with Gasteiger partial charge in [-0.25, -0.2) is 4.98 Å². The second-order valence-corrected chi connectivity index (χ2v) is 4.41. The summed E-state index contributed by atoms with van der Waals surface area (Å²) in [5.74, 6) is 0.813. The van der Waals surface area contributed by atoms with E-state index in [0.717, 1.165) is 25.2 Å². The van der Waals surface area contributed by atoms with Gasteiger partial charge in [-0.05, 0) is 38.3 Å². The summed E-state index contributed by atoms with van der Waals surface area (Å²) in [7, 11) is 0. The maximum absolute atomic E-state index is 9.79. The van der Waals surface area contributed by atoms with Gasteiger partial charge in [0, 0.05) is 12.7 Å². The zero-order chi connectivity index (χ0) is 11.5. The van der Waals surface area contributed by atoms with E-state index >= 15 is 0 Å². The Morgan fingerprint density at radius 3 is 3.06 bits per heavy atom. The molecule has 1 aliphatic heterocycles. The number of nitrogen functional groups attached to an aromatic ring is 1. The molecule has 4 nitrogen and oxygen atoms in total. The second kappa shape index (κ2) is 4.70. The molecule has 0 spiro atoms. The minimum Gasteiger partial charge on any atom is -0.396 e. The highest BCUT2D eigenvalue weighted by molar-refractivity contribution is 5.62. The Hall–Kier alpha value is -1.29. The van der Waals surface area contributed by atoms with Gasteiger partial charge in [-0.1, -0.05) is 0 Å². The van der Waals surface area contributed by atoms with Crippen molar-refractivity contribution in [2.75, 3.05) is 17.2 Å². The lowest BCUT2D eigenvalue weighted by molar-refractivity contribution is 0.145. The summed E-state index contributed by atoms with van der Waals surface area (Å²) in [6, 6.07) is 3.84. The molecule has 2 unspecified atom stereocenters. The van der Waals surface area contributed by atoms with Crippen LogP contribution >= 0.6 is 0 Å². The number of anilines is 2. The molecule has 3 N–H and O–H groups in total. The van der Waals surface area contributed by atoms with Gasteiger partial charge in [0.15, 0.2) is 5.82 Å². The minimum absolute atomic E-state index is 0.144. The van der Waals surface area contributed by atoms with Gasteiger partial charge < -0.3 is 15.7 Å². The Kier molecular flexibility index (Phi) is 3.29. The van der Waals surface area contributed by atoms with Gasteiger partial charge in [0.05, 0.1) is 17.8 Å². The van der Waals surface area contributed by atoms with Gasteiger partial charge in [0.25, 0.3) is 0 Å². The zero-order valence-corrected chi connectivity index (χ0v) is 9.63. The number of aliphatic hydroxyl groups is 1. The molecule has 0 aromatic carbocycles. The van der Waals surface area contributed by atoms with Crippen LogP contribution in [0.1, 0.15) is 26.2 Å². The summed E-state index contributed by atoms with van der Waals surface area (Å²) in [5, 5.41) is 9.79. The van der Waals surface area contributed by atoms with E-state index in [4.69, 9.17) is 5.73 Å². The molecule has 4 heteroatoms. The van der Waals surface area contributed by atoms with E-state index in [1.54, 1.807) is 6.20 Å². The lowest BCUT2D eigenvalue weighted by atomic mass is 9.98. The van der Waals surface area contributed by atoms with Crippen LogP contribution in [0.4, 0.5) is 11.5 Å². The molecule has 1 saturated heterocycles. The van der Waals surface area contributed by atoms with Crippen molar-refractivity contribution < 1.29 is 5.11 Å². The third-order valence-electron chi connectivity index (χ3n) is 3.20. The number of piperidine rings is 1. The molecule has 2 atom stereocenters. The zero-order valence-electron chi connectivity index (χ0n) is 9.63. The Bertz CT molecular complexity index is 354. The van der Waals surface area contributed by atoms with E-state index in [1.165, 1.54) is 6.42 Å². The van der Waals surface area contributed by atoms with Crippen LogP contribution in [0.15, 0.2) is 18.3 Å². The molecule has 16 heavy (non-hydrogen) atoms. The number of nitrogens with zero attached hydrogens (tertiary/aromatic N) is 2. The van der Waals surface area contributed by atoms with E-state index in [2.05, 4.69) is 9.88 Å². The molecule has 1 aromatic heterocycles. The Balaban J connectivity index is 2.27. The van der Waals surface area contributed by atoms with Crippen LogP contribution in [-0.4, -0.2) is 28.8 Å². The van der Waals surface area contributed by atoms with Gasteiger partial charge in [-0.3, -0.25) is 0 Å². The first kappa shape index (κ1) is 11.2. The number of hydrogen-bond acceptors (Lipinski definition) is 4. The first-order valence-electron chi connectivity index (χ1n) is 5.85. The normalized spacial score (nSPS) is 23.1. The summed E-state index contributed by atoms with van der Waals surface area (Å²) < 4.78 is 0. The van der Waals surface area contributed by atoms with Gasteiger partial charge in [0.1, 0.15) is 0 Å². The van der Waals surface area contributed by atoms with Crippen molar-refractivity contribution in [3.8, 4) is 0 Å². The molecule has 0 saturated carbocycles. The second-order valence-electron chi connectivity index (χ2n) is 4.41. The number of hydrogen-bond donors (Lipinski definition) is 2. The molecule has 88 valence electrons. The maximum Gasteiger partial charge on any atom is 0.152 e. The molecule has 0 radical (unpaired) electrons. The standard InChI is InChI=1S/C12H19N3O/c1-9(16)11-6-2-3-8-15(11)12-10(13)5-4-7-14-12/h4-5,7,9,11,16H,2-3,6,8,13H2,1H3. The molecule has 0 aliphatic carbocycles. The fourth-order valence-electron chi connectivity index (χ4n) is 2.37. The maximum atomic E-state index is 9.79. The van der Waals surface area contributed by atoms with E-state index in [-0.39, 0.29) is 12.1 Å². The number of aliphatic hydroxyl groups excluding tert-OH is 1. The van der Waals surface area contributed by atoms with Crippen LogP contribution < -0.4 is 10.6 Å². The van der Waals surface area contributed by atoms with Crippen molar-refractivity contribution in [1.82, 2.24) is 4.98 Å². The monoisotopic (exact) mass is 221 g/mol. The Morgan fingerprint density at radius 2 is 2.38 bits per heavy atom. The molecule has 1 aliphatic rings. The predicted octanol–water partition coefficient (Wildman–Crippen LogP) is 1.40. The molecule has 1 aromatic rings. The summed E-state index contributed by atoms with van der Waals surface area (Å²) in [5.41, 5.74) is 6.62. The van der Waals surface area contributed by atoms with Crippen molar-refractivity contribution in [2.45, 2.75) is 38.3 Å². The van der Waals surface area contributed by atoms with Crippen molar-refractivity contribution in [2.24, 2.45) is 0 Å². The Morgan fingerprint density at radius 1 is 1.56 bits per heavy atom. The molecular formula is C12H19N3O. The third-order valence-corrected chi connectivity index (χ3v) is 3.20. The quantitative estimate of drug-likeness (QED) is 0.792. The van der Waals surface area contributed by atoms with Gasteiger partial charge in [0.2, 0.25) is 0 Å². The van der Waals surface area contributed by atoms with E-state index < -0.39 is 0 Å². The van der Waals surface area contributed by atoms with Crippen molar-refractivity contribution in [1.29, 1.82) is 0 Å². The SMILES string of the molecule is CC(O)C1CCCCN1c1ncccc1N. The number of aromatic nitrogens is 1. The number of pyridine rings is 1. The summed E-state index contributed by atoms with van der Waals surface area (Å²) in [6.45, 7) is 2.76. The lowest BCUT2D eigenvalue weighted by Gasteiger charge is -2.38. The van der Waals surface area contributed by atoms with Crippen LogP contribution in [0.2, 0.25) is 0 Å². The van der Waals surface area contributed by atoms with Crippen molar-refractivity contribution in [3.63, 3.8) is 0 Å². The fraction of sp³-hybridized carbons (Fsp3) is 0.583. The number of nitrogens with two attached hydrogens (primary N) is 1. The molecular weight excluding hydrogens is 202 g/mol. The van der Waals surface area contributed by atoms with E-state index in [0.29, 0.717) is 5.69 Å². The van der Waals surface area contributed by atoms with E-state index in [1.807, 2.05) is 19.1 Å². The fourth-order valence-corrected chi connectivity index (χ4v) is 2.37. The third kappa shape index (κ3) is 2.11. The topological polar surface area (TPSA) is 62.4 Å². The van der Waals surface area contributed by atoms with Crippen LogP contribution in [0.3, 0.4) is 0 Å². The molecule has 0 bridgehead atoms. The largest absolute Gasteiger partial charge is 0.396 e. The highest BCUT2D eigenvalue weighted by Gasteiger charge is 2.28. The predicted molar refractivity (Wildman–Crippen MR) is 65.3 cm³/mol. The lowest BCUT2D eigenvalue weighted by Crippen LogP contribution is -2.46. The summed E-state index contributed by atoms with van der Waals surface area (Å²) in [6.07, 6.45) is 4.71. The van der Waals surface area contributed by atoms with Crippen molar-refractivity contribution in [3.05, 3.63) is 18.3 Å². The average molecular weight is 221 g/mol. The molecule has 2 heterocycles. The van der Waals surface area contributed by atoms with Gasteiger partial charge in [-0.2, -0.15) is 0 Å². The van der Waals surface area contributed by atoms with Crippen LogP contribution in [0, 0.1) is 0 Å². The summed E-state index contributed by atoms with van der Waals surface area (Å²) >= 11 is 0. The minimum atomic E-state index is -0.346.